The molecule has 2 aliphatic rings. The number of carbonyl (C=O) groups is 4. The van der Waals surface area contributed by atoms with Crippen LogP contribution in [0.1, 0.15) is 12.1 Å². The van der Waals surface area contributed by atoms with E-state index in [9.17, 15) is 24.3 Å². The molecule has 13 nitrogen and oxygen atoms in total. The summed E-state index contributed by atoms with van der Waals surface area (Å²) >= 11 is 2.41. The van der Waals surface area contributed by atoms with Gasteiger partial charge in [0.15, 0.2) is 10.8 Å². The summed E-state index contributed by atoms with van der Waals surface area (Å²) in [6.07, 6.45) is 2.61. The van der Waals surface area contributed by atoms with Crippen LogP contribution in [-0.2, 0) is 24.0 Å². The summed E-state index contributed by atoms with van der Waals surface area (Å²) < 4.78 is 4.61. The summed E-state index contributed by atoms with van der Waals surface area (Å²) in [5.41, 5.74) is 10.8. The Hall–Kier alpha value is -3.59. The Morgan fingerprint density at radius 2 is 2.21 bits per heavy atom. The first-order valence-electron chi connectivity index (χ1n) is 9.37. The second-order valence-electron chi connectivity index (χ2n) is 6.59. The van der Waals surface area contributed by atoms with Gasteiger partial charge in [-0.2, -0.15) is 0 Å². The van der Waals surface area contributed by atoms with Crippen LogP contribution in [0.3, 0.4) is 0 Å². The second kappa shape index (κ2) is 10.4. The number of nitrogens with one attached hydrogen (secondary N) is 1. The van der Waals surface area contributed by atoms with E-state index in [1.807, 2.05) is 0 Å². The number of nitrogens with zero attached hydrogens (tertiary/aromatic N) is 3. The monoisotopic (exact) mass is 496 g/mol. The first-order valence-corrected chi connectivity index (χ1v) is 11.3. The molecule has 0 spiro atoms. The Morgan fingerprint density at radius 3 is 2.82 bits per heavy atom. The third kappa shape index (κ3) is 5.25. The molecule has 176 valence electrons. The van der Waals surface area contributed by atoms with E-state index in [2.05, 4.69) is 20.2 Å². The maximum Gasteiger partial charge on any atom is 0.404 e. The summed E-state index contributed by atoms with van der Waals surface area (Å²) in [4.78, 5) is 57.8. The summed E-state index contributed by atoms with van der Waals surface area (Å²) in [6.45, 7) is 0.0457. The quantitative estimate of drug-likeness (QED) is 0.154. The first kappa shape index (κ1) is 24.1. The minimum Gasteiger partial charge on any atom is -0.477 e. The molecule has 1 fully saturated rings. The number of ether oxygens (including phenoxy) is 1. The lowest BCUT2D eigenvalue weighted by Gasteiger charge is -2.49. The van der Waals surface area contributed by atoms with Crippen LogP contribution in [0.4, 0.5) is 9.93 Å². The number of nitrogens with two attached hydrogens (primary N) is 2. The van der Waals surface area contributed by atoms with E-state index in [1.54, 1.807) is 12.2 Å². The zero-order chi connectivity index (χ0) is 24.1. The molecule has 0 radical (unpaired) electrons. The first-order chi connectivity index (χ1) is 15.7. The number of thiazole rings is 1. The van der Waals surface area contributed by atoms with Crippen molar-refractivity contribution in [3.8, 4) is 0 Å². The van der Waals surface area contributed by atoms with Gasteiger partial charge in [0.05, 0.1) is 6.61 Å². The average molecular weight is 497 g/mol. The minimum absolute atomic E-state index is 0.0457. The van der Waals surface area contributed by atoms with Crippen molar-refractivity contribution in [1.29, 1.82) is 0 Å². The van der Waals surface area contributed by atoms with Gasteiger partial charge >= 0.3 is 12.1 Å². The predicted molar refractivity (Wildman–Crippen MR) is 119 cm³/mol. The molecule has 33 heavy (non-hydrogen) atoms. The van der Waals surface area contributed by atoms with E-state index in [4.69, 9.17) is 16.3 Å². The fraction of sp³-hybridized carbons (Fsp3) is 0.333. The number of fused-ring (bicyclic) bond motifs is 1. The van der Waals surface area contributed by atoms with Crippen LogP contribution in [0.5, 0.6) is 0 Å². The zero-order valence-electron chi connectivity index (χ0n) is 17.2. The number of anilines is 1. The van der Waals surface area contributed by atoms with Crippen LogP contribution >= 0.6 is 23.1 Å². The number of β-lactam (4-membered cyclic amide) rings is 1. The fourth-order valence-corrected chi connectivity index (χ4v) is 4.99. The lowest BCUT2D eigenvalue weighted by atomic mass is 10.0. The number of aliphatic carboxylic acids is 1. The van der Waals surface area contributed by atoms with Crippen molar-refractivity contribution in [1.82, 2.24) is 15.2 Å². The number of allylic oxidation sites excluding steroid dienone is 1. The highest BCUT2D eigenvalue weighted by Gasteiger charge is 2.54. The van der Waals surface area contributed by atoms with E-state index >= 15 is 0 Å². The van der Waals surface area contributed by atoms with Gasteiger partial charge in [0.2, 0.25) is 0 Å². The number of primary amides is 1. The normalized spacial score (nSPS) is 20.3. The SMILES string of the molecule is CON=C(C(=O)N[C@@H]1C(=O)N2C(C(=O)O)=C(/C=C/CCOC(N)=O)CS[C@H]12)c1csc(N)n1. The number of hydrogen-bond acceptors (Lipinski definition) is 11. The number of rotatable bonds is 9. The van der Waals surface area contributed by atoms with Gasteiger partial charge in [-0.1, -0.05) is 17.3 Å². The fourth-order valence-electron chi connectivity index (χ4n) is 3.13. The number of carboxylic acids is 1. The molecule has 3 amide bonds. The molecule has 2 aliphatic heterocycles. The van der Waals surface area contributed by atoms with E-state index in [0.29, 0.717) is 12.0 Å². The highest BCUT2D eigenvalue weighted by Crippen LogP contribution is 2.40. The lowest BCUT2D eigenvalue weighted by molar-refractivity contribution is -0.150. The Morgan fingerprint density at radius 1 is 1.45 bits per heavy atom. The van der Waals surface area contributed by atoms with Gasteiger partial charge in [-0.25, -0.2) is 14.6 Å². The van der Waals surface area contributed by atoms with Gasteiger partial charge in [-0.3, -0.25) is 14.5 Å². The summed E-state index contributed by atoms with van der Waals surface area (Å²) in [7, 11) is 1.26. The number of amides is 3. The van der Waals surface area contributed by atoms with Crippen LogP contribution in [0.25, 0.3) is 0 Å². The molecule has 3 heterocycles. The van der Waals surface area contributed by atoms with Crippen molar-refractivity contribution < 1.29 is 33.9 Å². The second-order valence-corrected chi connectivity index (χ2v) is 8.59. The Kier molecular flexibility index (Phi) is 7.55. The van der Waals surface area contributed by atoms with Gasteiger partial charge in [0.1, 0.15) is 29.9 Å². The van der Waals surface area contributed by atoms with E-state index in [0.717, 1.165) is 16.2 Å². The highest BCUT2D eigenvalue weighted by atomic mass is 32.2. The van der Waals surface area contributed by atoms with Gasteiger partial charge in [0.25, 0.3) is 11.8 Å². The summed E-state index contributed by atoms with van der Waals surface area (Å²) in [5, 5.41) is 17.1. The molecule has 0 aromatic carbocycles. The number of aromatic nitrogens is 1. The molecule has 1 saturated heterocycles. The number of nitrogen functional groups attached to an aromatic ring is 1. The number of thioether (sulfide) groups is 1. The van der Waals surface area contributed by atoms with Crippen LogP contribution < -0.4 is 16.8 Å². The van der Waals surface area contributed by atoms with E-state index in [1.165, 1.54) is 24.3 Å². The Labute approximate surface area is 195 Å². The molecular weight excluding hydrogens is 476 g/mol. The van der Waals surface area contributed by atoms with E-state index in [-0.39, 0.29) is 34.6 Å². The molecule has 0 aliphatic carbocycles. The van der Waals surface area contributed by atoms with Gasteiger partial charge in [0, 0.05) is 11.1 Å². The molecule has 1 aromatic rings. The van der Waals surface area contributed by atoms with Crippen LogP contribution in [0.15, 0.2) is 34.0 Å². The lowest BCUT2D eigenvalue weighted by Crippen LogP contribution is -2.71. The zero-order valence-corrected chi connectivity index (χ0v) is 18.9. The smallest absolute Gasteiger partial charge is 0.404 e. The van der Waals surface area contributed by atoms with Gasteiger partial charge in [-0.05, 0) is 12.0 Å². The molecule has 2 atom stereocenters. The maximum atomic E-state index is 12.8. The van der Waals surface area contributed by atoms with Gasteiger partial charge in [-0.15, -0.1) is 23.1 Å². The standard InChI is InChI=1S/C18H20N6O7S2/c1-30-23-10(9-7-33-17(19)21-9)13(25)22-11-14(26)24-12(16(27)28)8(6-32-15(11)24)4-2-3-5-31-18(20)29/h2,4,7,11,15H,3,5-6H2,1H3,(H2,19,21)(H2,20,29)(H,22,25)(H,27,28)/b4-2+,23-10?/t11-,15-/m1/s1. The summed E-state index contributed by atoms with van der Waals surface area (Å²) in [6, 6.07) is -0.954. The molecule has 0 unspecified atom stereocenters. The van der Waals surface area contributed by atoms with Crippen LogP contribution in [0, 0.1) is 0 Å². The largest absolute Gasteiger partial charge is 0.477 e. The topological polar surface area (TPSA) is 200 Å². The van der Waals surface area contributed by atoms with Gasteiger partial charge < -0.3 is 31.5 Å². The maximum absolute atomic E-state index is 12.8. The Bertz CT molecular complexity index is 1070. The van der Waals surface area contributed by atoms with Crippen molar-refractivity contribution in [2.75, 3.05) is 25.2 Å². The average Bonchev–Trinajstić information content (AvgIpc) is 3.20. The molecule has 0 saturated carbocycles. The summed E-state index contributed by atoms with van der Waals surface area (Å²) in [5.74, 6) is -2.26. The molecular formula is C18H20N6O7S2. The van der Waals surface area contributed by atoms with E-state index < -0.39 is 35.3 Å². The highest BCUT2D eigenvalue weighted by molar-refractivity contribution is 8.00. The third-order valence-electron chi connectivity index (χ3n) is 4.50. The number of carbonyl (C=O) groups excluding carboxylic acids is 3. The third-order valence-corrected chi connectivity index (χ3v) is 6.47. The molecule has 6 N–H and O–H groups in total. The number of oxime groups is 1. The predicted octanol–water partition coefficient (Wildman–Crippen LogP) is -0.144. The Balaban J connectivity index is 1.72. The van der Waals surface area contributed by atoms with Crippen molar-refractivity contribution in [3.05, 3.63) is 34.5 Å². The van der Waals surface area contributed by atoms with Crippen LogP contribution in [0.2, 0.25) is 0 Å². The minimum atomic E-state index is -1.27. The molecule has 3 rings (SSSR count). The van der Waals surface area contributed by atoms with Crippen LogP contribution in [-0.4, -0.2) is 75.5 Å². The van der Waals surface area contributed by atoms with Crippen molar-refractivity contribution >= 4 is 57.8 Å². The van der Waals surface area contributed by atoms with Crippen molar-refractivity contribution in [2.45, 2.75) is 17.8 Å². The molecule has 15 heteroatoms. The number of carboxylic acid groups (broad SMARTS) is 1. The molecule has 1 aromatic heterocycles. The number of hydrogen-bond donors (Lipinski definition) is 4. The molecule has 0 bridgehead atoms. The van der Waals surface area contributed by atoms with Crippen molar-refractivity contribution in [3.63, 3.8) is 0 Å². The van der Waals surface area contributed by atoms with Crippen molar-refractivity contribution in [2.24, 2.45) is 10.9 Å².